The maximum atomic E-state index is 10.4. The van der Waals surface area contributed by atoms with Gasteiger partial charge < -0.3 is 15.3 Å². The molecular weight excluding hydrogens is 148 g/mol. The van der Waals surface area contributed by atoms with E-state index in [0.29, 0.717) is 5.57 Å². The number of hydrogen-bond acceptors (Lipinski definition) is 3. The number of aliphatic carboxylic acids is 1. The predicted octanol–water partition coefficient (Wildman–Crippen LogP) is -0.383. The van der Waals surface area contributed by atoms with Gasteiger partial charge in [-0.3, -0.25) is 4.79 Å². The molecule has 11 heavy (non-hydrogen) atoms. The molecule has 3 N–H and O–H groups in total. The van der Waals surface area contributed by atoms with Crippen LogP contribution in [0.1, 0.15) is 6.92 Å². The summed E-state index contributed by atoms with van der Waals surface area (Å²) in [6, 6.07) is 0. The van der Waals surface area contributed by atoms with Gasteiger partial charge in [-0.05, 0) is 6.92 Å². The molecule has 64 valence electrons. The van der Waals surface area contributed by atoms with E-state index >= 15 is 0 Å². The summed E-state index contributed by atoms with van der Waals surface area (Å²) in [5.74, 6) is -2.24. The van der Waals surface area contributed by atoms with Crippen molar-refractivity contribution in [2.75, 3.05) is 6.61 Å². The Labute approximate surface area is 64.8 Å². The predicted molar refractivity (Wildman–Crippen MR) is 39.0 cm³/mol. The Bertz CT molecular complexity index is 150. The quantitative estimate of drug-likeness (QED) is 0.490. The Morgan fingerprint density at radius 1 is 1.64 bits per heavy atom. The molecule has 0 saturated heterocycles. The van der Waals surface area contributed by atoms with Crippen LogP contribution in [-0.2, 0) is 4.79 Å². The van der Waals surface area contributed by atoms with Gasteiger partial charge in [-0.15, -0.1) is 0 Å². The molecule has 0 aliphatic carbocycles. The number of hydrogen-bond donors (Lipinski definition) is 3. The number of aliphatic hydroxyl groups is 2. The van der Waals surface area contributed by atoms with E-state index in [4.69, 9.17) is 15.3 Å². The van der Waals surface area contributed by atoms with E-state index in [0.717, 1.165) is 0 Å². The number of rotatable bonds is 4. The van der Waals surface area contributed by atoms with Crippen LogP contribution in [-0.4, -0.2) is 34.0 Å². The molecule has 0 aliphatic rings. The van der Waals surface area contributed by atoms with Crippen molar-refractivity contribution in [2.45, 2.75) is 13.0 Å². The Hall–Kier alpha value is -0.870. The van der Waals surface area contributed by atoms with E-state index in [9.17, 15) is 4.79 Å². The smallest absolute Gasteiger partial charge is 0.313 e. The van der Waals surface area contributed by atoms with Crippen molar-refractivity contribution < 1.29 is 20.1 Å². The summed E-state index contributed by atoms with van der Waals surface area (Å²) in [4.78, 5) is 10.4. The fourth-order valence-corrected chi connectivity index (χ4v) is 0.809. The number of carboxylic acids is 1. The van der Waals surface area contributed by atoms with Gasteiger partial charge in [0.15, 0.2) is 0 Å². The molecule has 0 heterocycles. The fraction of sp³-hybridized carbons (Fsp3) is 0.571. The minimum atomic E-state index is -1.26. The average Bonchev–Trinajstić information content (AvgIpc) is 1.85. The van der Waals surface area contributed by atoms with Crippen LogP contribution < -0.4 is 0 Å². The van der Waals surface area contributed by atoms with Gasteiger partial charge in [0.2, 0.25) is 0 Å². The topological polar surface area (TPSA) is 77.8 Å². The summed E-state index contributed by atoms with van der Waals surface area (Å²) in [5.41, 5.74) is 0.332. The van der Waals surface area contributed by atoms with Gasteiger partial charge in [0.05, 0.1) is 12.7 Å². The average molecular weight is 160 g/mol. The van der Waals surface area contributed by atoms with Gasteiger partial charge in [-0.25, -0.2) is 0 Å². The van der Waals surface area contributed by atoms with Crippen molar-refractivity contribution in [3.05, 3.63) is 12.2 Å². The van der Waals surface area contributed by atoms with Crippen LogP contribution in [0.3, 0.4) is 0 Å². The minimum absolute atomic E-state index is 0.332. The Balaban J connectivity index is 4.34. The summed E-state index contributed by atoms with van der Waals surface area (Å²) in [7, 11) is 0. The lowest BCUT2D eigenvalue weighted by Crippen LogP contribution is -2.31. The van der Waals surface area contributed by atoms with Crippen molar-refractivity contribution >= 4 is 5.97 Å². The first-order valence-electron chi connectivity index (χ1n) is 3.17. The van der Waals surface area contributed by atoms with Gasteiger partial charge in [0, 0.05) is 0 Å². The molecule has 0 spiro atoms. The molecule has 0 aromatic rings. The summed E-state index contributed by atoms with van der Waals surface area (Å²) in [6.45, 7) is 4.33. The van der Waals surface area contributed by atoms with Crippen molar-refractivity contribution in [3.63, 3.8) is 0 Å². The van der Waals surface area contributed by atoms with E-state index in [1.165, 1.54) is 6.92 Å². The molecule has 0 rings (SSSR count). The molecular formula is C7H12O4. The zero-order chi connectivity index (χ0) is 9.02. The molecule has 4 nitrogen and oxygen atoms in total. The lowest BCUT2D eigenvalue weighted by Gasteiger charge is -2.16. The molecule has 0 bridgehead atoms. The lowest BCUT2D eigenvalue weighted by molar-refractivity contribution is -0.144. The lowest BCUT2D eigenvalue weighted by atomic mass is 9.96. The normalized spacial score (nSPS) is 15.5. The van der Waals surface area contributed by atoms with Crippen molar-refractivity contribution in [3.8, 4) is 0 Å². The van der Waals surface area contributed by atoms with E-state index < -0.39 is 24.6 Å². The number of aliphatic hydroxyl groups excluding tert-OH is 2. The third-order valence-electron chi connectivity index (χ3n) is 1.37. The first-order chi connectivity index (χ1) is 5.00. The maximum Gasteiger partial charge on any atom is 0.313 e. The first-order valence-corrected chi connectivity index (χ1v) is 3.17. The standard InChI is InChI=1S/C7H12O4/c1-4(2)6(7(10)11)5(9)3-8/h5-6,8-9H,1,3H2,2H3,(H,10,11). The monoisotopic (exact) mass is 160 g/mol. The van der Waals surface area contributed by atoms with Gasteiger partial charge >= 0.3 is 5.97 Å². The van der Waals surface area contributed by atoms with Crippen LogP contribution in [0, 0.1) is 5.92 Å². The molecule has 0 radical (unpaired) electrons. The van der Waals surface area contributed by atoms with Crippen LogP contribution >= 0.6 is 0 Å². The highest BCUT2D eigenvalue weighted by atomic mass is 16.4. The highest BCUT2D eigenvalue weighted by Gasteiger charge is 2.26. The molecule has 2 unspecified atom stereocenters. The highest BCUT2D eigenvalue weighted by molar-refractivity contribution is 5.74. The summed E-state index contributed by atoms with van der Waals surface area (Å²) in [5, 5.41) is 25.9. The Kier molecular flexibility index (Phi) is 3.78. The SMILES string of the molecule is C=C(C)C(C(=O)O)C(O)CO. The van der Waals surface area contributed by atoms with Gasteiger partial charge in [-0.2, -0.15) is 0 Å². The van der Waals surface area contributed by atoms with Gasteiger partial charge in [-0.1, -0.05) is 12.2 Å². The number of carboxylic acid groups (broad SMARTS) is 1. The Morgan fingerprint density at radius 3 is 2.18 bits per heavy atom. The second-order valence-corrected chi connectivity index (χ2v) is 2.41. The summed E-state index contributed by atoms with van der Waals surface area (Å²) >= 11 is 0. The number of carbonyl (C=O) groups is 1. The molecule has 0 aliphatic heterocycles. The molecule has 0 aromatic heterocycles. The summed E-state index contributed by atoms with van der Waals surface area (Å²) in [6.07, 6.45) is -1.26. The second-order valence-electron chi connectivity index (χ2n) is 2.41. The second kappa shape index (κ2) is 4.10. The van der Waals surface area contributed by atoms with Gasteiger partial charge in [0.1, 0.15) is 5.92 Å². The largest absolute Gasteiger partial charge is 0.481 e. The van der Waals surface area contributed by atoms with Crippen molar-refractivity contribution in [1.29, 1.82) is 0 Å². The third-order valence-corrected chi connectivity index (χ3v) is 1.37. The first kappa shape index (κ1) is 10.1. The van der Waals surface area contributed by atoms with Crippen LogP contribution in [0.4, 0.5) is 0 Å². The Morgan fingerprint density at radius 2 is 2.09 bits per heavy atom. The summed E-state index contributed by atoms with van der Waals surface area (Å²) < 4.78 is 0. The highest BCUT2D eigenvalue weighted by Crippen LogP contribution is 2.12. The zero-order valence-electron chi connectivity index (χ0n) is 6.32. The minimum Gasteiger partial charge on any atom is -0.481 e. The van der Waals surface area contributed by atoms with E-state index in [-0.39, 0.29) is 0 Å². The zero-order valence-corrected chi connectivity index (χ0v) is 6.32. The van der Waals surface area contributed by atoms with Crippen molar-refractivity contribution in [1.82, 2.24) is 0 Å². The van der Waals surface area contributed by atoms with Crippen LogP contribution in [0.25, 0.3) is 0 Å². The van der Waals surface area contributed by atoms with Crippen molar-refractivity contribution in [2.24, 2.45) is 5.92 Å². The van der Waals surface area contributed by atoms with Crippen LogP contribution in [0.5, 0.6) is 0 Å². The molecule has 4 heteroatoms. The molecule has 0 aromatic carbocycles. The maximum absolute atomic E-state index is 10.4. The van der Waals surface area contributed by atoms with Crippen LogP contribution in [0.15, 0.2) is 12.2 Å². The third kappa shape index (κ3) is 2.69. The van der Waals surface area contributed by atoms with Gasteiger partial charge in [0.25, 0.3) is 0 Å². The molecule has 0 amide bonds. The van der Waals surface area contributed by atoms with E-state index in [2.05, 4.69) is 6.58 Å². The molecule has 2 atom stereocenters. The van der Waals surface area contributed by atoms with E-state index in [1.807, 2.05) is 0 Å². The van der Waals surface area contributed by atoms with E-state index in [1.54, 1.807) is 0 Å². The molecule has 0 saturated carbocycles. The molecule has 0 fully saturated rings. The fourth-order valence-electron chi connectivity index (χ4n) is 0.809. The van der Waals surface area contributed by atoms with Crippen LogP contribution in [0.2, 0.25) is 0 Å².